The highest BCUT2D eigenvalue weighted by Gasteiger charge is 2.09. The molecule has 0 aliphatic carbocycles. The number of nitrogens with one attached hydrogen (secondary N) is 2. The second-order valence-corrected chi connectivity index (χ2v) is 5.65. The van der Waals surface area contributed by atoms with Crippen LogP contribution in [0.4, 0.5) is 11.5 Å². The molecule has 0 bridgehead atoms. The van der Waals surface area contributed by atoms with Crippen LogP contribution in [0.2, 0.25) is 0 Å². The molecule has 3 aromatic rings. The maximum absolute atomic E-state index is 12.3. The maximum atomic E-state index is 12.3. The molecule has 0 unspecified atom stereocenters. The summed E-state index contributed by atoms with van der Waals surface area (Å²) in [5.41, 5.74) is 1.89. The number of carbonyl (C=O) groups excluding carboxylic acids is 1. The van der Waals surface area contributed by atoms with Crippen LogP contribution >= 0.6 is 0 Å². The number of carbonyl (C=O) groups is 1. The van der Waals surface area contributed by atoms with E-state index in [0.717, 1.165) is 17.1 Å². The van der Waals surface area contributed by atoms with Gasteiger partial charge in [0.05, 0.1) is 14.2 Å². The van der Waals surface area contributed by atoms with Crippen LogP contribution in [0.25, 0.3) is 0 Å². The maximum Gasteiger partial charge on any atom is 0.276 e. The third-order valence-corrected chi connectivity index (χ3v) is 3.90. The number of benzene rings is 2. The number of aromatic nitrogens is 2. The van der Waals surface area contributed by atoms with E-state index in [0.29, 0.717) is 18.1 Å². The highest BCUT2D eigenvalue weighted by atomic mass is 16.5. The molecule has 7 heteroatoms. The molecule has 7 nitrogen and oxygen atoms in total. The first-order valence-electron chi connectivity index (χ1n) is 8.34. The number of ether oxygens (including phenoxy) is 2. The van der Waals surface area contributed by atoms with Gasteiger partial charge >= 0.3 is 0 Å². The Morgan fingerprint density at radius 1 is 0.926 bits per heavy atom. The summed E-state index contributed by atoms with van der Waals surface area (Å²) in [5, 5.41) is 14.0. The minimum Gasteiger partial charge on any atom is -0.497 e. The van der Waals surface area contributed by atoms with Crippen molar-refractivity contribution in [1.29, 1.82) is 0 Å². The summed E-state index contributed by atoms with van der Waals surface area (Å²) in [5.74, 6) is 1.76. The van der Waals surface area contributed by atoms with Gasteiger partial charge in [0.15, 0.2) is 5.69 Å². The summed E-state index contributed by atoms with van der Waals surface area (Å²) in [7, 11) is 3.22. The van der Waals surface area contributed by atoms with Crippen molar-refractivity contribution in [2.45, 2.75) is 6.54 Å². The van der Waals surface area contributed by atoms with Gasteiger partial charge in [0.2, 0.25) is 0 Å². The lowest BCUT2D eigenvalue weighted by Gasteiger charge is -2.10. The van der Waals surface area contributed by atoms with E-state index in [1.54, 1.807) is 50.6 Å². The lowest BCUT2D eigenvalue weighted by atomic mass is 10.2. The van der Waals surface area contributed by atoms with E-state index in [4.69, 9.17) is 9.47 Å². The first-order valence-corrected chi connectivity index (χ1v) is 8.34. The van der Waals surface area contributed by atoms with Gasteiger partial charge in [0, 0.05) is 17.8 Å². The normalized spacial score (nSPS) is 10.1. The Labute approximate surface area is 157 Å². The highest BCUT2D eigenvalue weighted by Crippen LogP contribution is 2.18. The number of amides is 1. The highest BCUT2D eigenvalue weighted by molar-refractivity contribution is 6.02. The Morgan fingerprint density at radius 2 is 1.70 bits per heavy atom. The van der Waals surface area contributed by atoms with Crippen molar-refractivity contribution < 1.29 is 14.3 Å². The molecule has 2 aromatic carbocycles. The summed E-state index contributed by atoms with van der Waals surface area (Å²) < 4.78 is 10.4. The Hall–Kier alpha value is -3.61. The average molecular weight is 364 g/mol. The third-order valence-electron chi connectivity index (χ3n) is 3.90. The van der Waals surface area contributed by atoms with E-state index in [1.807, 2.05) is 24.3 Å². The smallest absolute Gasteiger partial charge is 0.276 e. The number of hydrogen-bond acceptors (Lipinski definition) is 6. The molecule has 2 N–H and O–H groups in total. The van der Waals surface area contributed by atoms with E-state index < -0.39 is 0 Å². The van der Waals surface area contributed by atoms with Gasteiger partial charge in [0.25, 0.3) is 5.91 Å². The Morgan fingerprint density at radius 3 is 2.37 bits per heavy atom. The van der Waals surface area contributed by atoms with Gasteiger partial charge in [-0.25, -0.2) is 0 Å². The fraction of sp³-hybridized carbons (Fsp3) is 0.150. The molecule has 0 atom stereocenters. The number of hydrogen-bond donors (Lipinski definition) is 2. The van der Waals surface area contributed by atoms with Crippen molar-refractivity contribution in [1.82, 2.24) is 10.2 Å². The molecule has 0 spiro atoms. The summed E-state index contributed by atoms with van der Waals surface area (Å²) >= 11 is 0. The molecule has 0 aliphatic heterocycles. The van der Waals surface area contributed by atoms with E-state index in [1.165, 1.54) is 0 Å². The summed E-state index contributed by atoms with van der Waals surface area (Å²) in [6.07, 6.45) is 0. The van der Waals surface area contributed by atoms with Crippen LogP contribution in [-0.2, 0) is 6.54 Å². The zero-order valence-corrected chi connectivity index (χ0v) is 15.1. The first-order chi connectivity index (χ1) is 13.2. The number of nitrogens with zero attached hydrogens (tertiary/aromatic N) is 2. The summed E-state index contributed by atoms with van der Waals surface area (Å²) in [6, 6.07) is 18.1. The van der Waals surface area contributed by atoms with Crippen LogP contribution in [0.1, 0.15) is 16.1 Å². The summed E-state index contributed by atoms with van der Waals surface area (Å²) in [4.78, 5) is 12.3. The van der Waals surface area contributed by atoms with Crippen molar-refractivity contribution >= 4 is 17.4 Å². The number of para-hydroxylation sites is 1. The van der Waals surface area contributed by atoms with Crippen molar-refractivity contribution in [3.05, 3.63) is 71.9 Å². The van der Waals surface area contributed by atoms with Gasteiger partial charge in [-0.15, -0.1) is 10.2 Å². The third kappa shape index (κ3) is 4.72. The summed E-state index contributed by atoms with van der Waals surface area (Å²) in [6.45, 7) is 0.538. The largest absolute Gasteiger partial charge is 0.497 e. The minimum absolute atomic E-state index is 0.230. The fourth-order valence-electron chi connectivity index (χ4n) is 2.45. The van der Waals surface area contributed by atoms with Crippen LogP contribution in [0.15, 0.2) is 60.7 Å². The molecular formula is C20H20N4O3. The number of anilines is 2. The molecule has 0 saturated carbocycles. The lowest BCUT2D eigenvalue weighted by molar-refractivity contribution is 0.102. The Bertz CT molecular complexity index is 896. The molecule has 3 rings (SSSR count). The van der Waals surface area contributed by atoms with Gasteiger partial charge in [-0.05, 0) is 42.5 Å². The first kappa shape index (κ1) is 18.2. The van der Waals surface area contributed by atoms with Crippen LogP contribution in [0.5, 0.6) is 11.5 Å². The molecule has 27 heavy (non-hydrogen) atoms. The van der Waals surface area contributed by atoms with E-state index >= 15 is 0 Å². The van der Waals surface area contributed by atoms with Gasteiger partial charge < -0.3 is 20.1 Å². The standard InChI is InChI=1S/C20H20N4O3/c1-26-16-9-7-15(8-10-16)22-20(25)17-11-12-19(24-23-17)21-13-14-5-3-4-6-18(14)27-2/h3-12H,13H2,1-2H3,(H,21,24)(H,22,25). The fourth-order valence-corrected chi connectivity index (χ4v) is 2.45. The second kappa shape index (κ2) is 8.66. The predicted molar refractivity (Wildman–Crippen MR) is 103 cm³/mol. The van der Waals surface area contributed by atoms with Crippen molar-refractivity contribution in [3.63, 3.8) is 0 Å². The molecule has 0 saturated heterocycles. The topological polar surface area (TPSA) is 85.4 Å². The van der Waals surface area contributed by atoms with Crippen LogP contribution in [0, 0.1) is 0 Å². The van der Waals surface area contributed by atoms with Crippen LogP contribution in [-0.4, -0.2) is 30.3 Å². The molecule has 1 amide bonds. The monoisotopic (exact) mass is 364 g/mol. The SMILES string of the molecule is COc1ccc(NC(=O)c2ccc(NCc3ccccc3OC)nn2)cc1. The predicted octanol–water partition coefficient (Wildman–Crippen LogP) is 3.36. The van der Waals surface area contributed by atoms with E-state index in [2.05, 4.69) is 20.8 Å². The van der Waals surface area contributed by atoms with Crippen molar-refractivity contribution in [2.24, 2.45) is 0 Å². The second-order valence-electron chi connectivity index (χ2n) is 5.65. The molecule has 1 aromatic heterocycles. The zero-order valence-electron chi connectivity index (χ0n) is 15.1. The van der Waals surface area contributed by atoms with Crippen LogP contribution in [0.3, 0.4) is 0 Å². The van der Waals surface area contributed by atoms with Crippen LogP contribution < -0.4 is 20.1 Å². The Kier molecular flexibility index (Phi) is 5.84. The molecular weight excluding hydrogens is 344 g/mol. The molecule has 0 aliphatic rings. The van der Waals surface area contributed by atoms with Gasteiger partial charge in [-0.2, -0.15) is 0 Å². The Balaban J connectivity index is 1.59. The van der Waals surface area contributed by atoms with E-state index in [-0.39, 0.29) is 11.6 Å². The van der Waals surface area contributed by atoms with E-state index in [9.17, 15) is 4.79 Å². The van der Waals surface area contributed by atoms with Gasteiger partial charge in [0.1, 0.15) is 17.3 Å². The molecule has 0 fully saturated rings. The minimum atomic E-state index is -0.330. The zero-order chi connectivity index (χ0) is 19.1. The van der Waals surface area contributed by atoms with Gasteiger partial charge in [-0.3, -0.25) is 4.79 Å². The average Bonchev–Trinajstić information content (AvgIpc) is 2.73. The van der Waals surface area contributed by atoms with Crippen molar-refractivity contribution in [2.75, 3.05) is 24.9 Å². The lowest BCUT2D eigenvalue weighted by Crippen LogP contribution is -2.15. The number of rotatable bonds is 7. The quantitative estimate of drug-likeness (QED) is 0.669. The van der Waals surface area contributed by atoms with Crippen molar-refractivity contribution in [3.8, 4) is 11.5 Å². The molecule has 0 radical (unpaired) electrons. The van der Waals surface area contributed by atoms with Gasteiger partial charge in [-0.1, -0.05) is 18.2 Å². The molecule has 1 heterocycles. The number of methoxy groups -OCH3 is 2. The molecule has 138 valence electrons.